The van der Waals surface area contributed by atoms with Crippen molar-refractivity contribution < 1.29 is 18.3 Å². The van der Waals surface area contributed by atoms with Crippen molar-refractivity contribution in [1.82, 2.24) is 0 Å². The summed E-state index contributed by atoms with van der Waals surface area (Å²) in [5.74, 6) is 0.993. The maximum Gasteiger partial charge on any atom is 0.344 e. The van der Waals surface area contributed by atoms with Crippen LogP contribution in [0, 0.1) is 6.92 Å². The van der Waals surface area contributed by atoms with Crippen LogP contribution in [-0.4, -0.2) is 6.61 Å². The SMILES string of the molecule is CCO[C@@H]1Oc2ccccc2-c2oc(=O)c(-c3cc(=O)oc4cc(C)ccc34)cc21. The van der Waals surface area contributed by atoms with Crippen LogP contribution in [0.4, 0.5) is 0 Å². The fourth-order valence-corrected chi connectivity index (χ4v) is 3.76. The Balaban J connectivity index is 1.79. The van der Waals surface area contributed by atoms with Gasteiger partial charge in [0, 0.05) is 23.6 Å². The van der Waals surface area contributed by atoms with Crippen LogP contribution in [0.2, 0.25) is 0 Å². The Bertz CT molecular complexity index is 1400. The van der Waals surface area contributed by atoms with Gasteiger partial charge < -0.3 is 18.3 Å². The van der Waals surface area contributed by atoms with Crippen molar-refractivity contribution in [3.63, 3.8) is 0 Å². The van der Waals surface area contributed by atoms with E-state index in [0.717, 1.165) is 5.56 Å². The van der Waals surface area contributed by atoms with Gasteiger partial charge in [-0.25, -0.2) is 9.59 Å². The van der Waals surface area contributed by atoms with Crippen molar-refractivity contribution in [2.24, 2.45) is 0 Å². The predicted molar refractivity (Wildman–Crippen MR) is 112 cm³/mol. The van der Waals surface area contributed by atoms with Crippen molar-refractivity contribution in [2.45, 2.75) is 20.1 Å². The summed E-state index contributed by atoms with van der Waals surface area (Å²) < 4.78 is 22.8. The number of para-hydroxylation sites is 1. The first-order valence-electron chi connectivity index (χ1n) is 9.65. The lowest BCUT2D eigenvalue weighted by atomic mass is 9.97. The second-order valence-electron chi connectivity index (χ2n) is 7.11. The molecule has 0 N–H and O–H groups in total. The van der Waals surface area contributed by atoms with Gasteiger partial charge in [0.2, 0.25) is 6.29 Å². The van der Waals surface area contributed by atoms with Crippen molar-refractivity contribution in [1.29, 1.82) is 0 Å². The molecular formula is C24H18O6. The van der Waals surface area contributed by atoms with Gasteiger partial charge in [0.15, 0.2) is 5.76 Å². The molecule has 30 heavy (non-hydrogen) atoms. The van der Waals surface area contributed by atoms with Crippen LogP contribution in [0.25, 0.3) is 33.4 Å². The van der Waals surface area contributed by atoms with Crippen LogP contribution in [0.5, 0.6) is 5.75 Å². The van der Waals surface area contributed by atoms with E-state index in [4.69, 9.17) is 18.3 Å². The van der Waals surface area contributed by atoms with Crippen LogP contribution in [0.1, 0.15) is 24.3 Å². The maximum atomic E-state index is 13.0. The molecule has 1 atom stereocenters. The molecule has 0 spiro atoms. The highest BCUT2D eigenvalue weighted by atomic mass is 16.7. The van der Waals surface area contributed by atoms with Crippen molar-refractivity contribution in [3.8, 4) is 28.2 Å². The summed E-state index contributed by atoms with van der Waals surface area (Å²) in [5.41, 5.74) is 2.25. The molecule has 0 radical (unpaired) electrons. The van der Waals surface area contributed by atoms with Crippen molar-refractivity contribution >= 4 is 11.0 Å². The normalized spacial score (nSPS) is 14.8. The van der Waals surface area contributed by atoms with E-state index in [2.05, 4.69) is 0 Å². The summed E-state index contributed by atoms with van der Waals surface area (Å²) in [6.45, 7) is 4.18. The zero-order valence-electron chi connectivity index (χ0n) is 16.4. The molecule has 6 heteroatoms. The molecule has 1 aliphatic rings. The fraction of sp³-hybridized carbons (Fsp3) is 0.167. The molecule has 6 nitrogen and oxygen atoms in total. The van der Waals surface area contributed by atoms with Crippen LogP contribution < -0.4 is 16.0 Å². The number of rotatable bonds is 3. The van der Waals surface area contributed by atoms with Gasteiger partial charge in [0.25, 0.3) is 0 Å². The lowest BCUT2D eigenvalue weighted by Crippen LogP contribution is -2.20. The van der Waals surface area contributed by atoms with E-state index in [1.165, 1.54) is 6.07 Å². The molecule has 2 aromatic carbocycles. The van der Waals surface area contributed by atoms with Gasteiger partial charge in [0.05, 0.1) is 16.7 Å². The molecule has 0 saturated carbocycles. The summed E-state index contributed by atoms with van der Waals surface area (Å²) in [7, 11) is 0. The van der Waals surface area contributed by atoms with Gasteiger partial charge in [-0.2, -0.15) is 0 Å². The van der Waals surface area contributed by atoms with Gasteiger partial charge in [-0.15, -0.1) is 0 Å². The average Bonchev–Trinajstić information content (AvgIpc) is 2.73. The van der Waals surface area contributed by atoms with Crippen LogP contribution in [0.3, 0.4) is 0 Å². The maximum absolute atomic E-state index is 13.0. The van der Waals surface area contributed by atoms with E-state index in [1.54, 1.807) is 18.2 Å². The summed E-state index contributed by atoms with van der Waals surface area (Å²) in [6.07, 6.45) is -0.725. The Morgan fingerprint density at radius 3 is 2.60 bits per heavy atom. The van der Waals surface area contributed by atoms with Gasteiger partial charge in [-0.3, -0.25) is 0 Å². The molecular weight excluding hydrogens is 384 g/mol. The monoisotopic (exact) mass is 402 g/mol. The minimum atomic E-state index is -0.725. The average molecular weight is 402 g/mol. The summed E-state index contributed by atoms with van der Waals surface area (Å²) in [6, 6.07) is 15.8. The molecule has 0 aliphatic carbocycles. The third-order valence-corrected chi connectivity index (χ3v) is 5.10. The lowest BCUT2D eigenvalue weighted by Gasteiger charge is -2.27. The molecule has 0 fully saturated rings. The van der Waals surface area contributed by atoms with E-state index >= 15 is 0 Å². The summed E-state index contributed by atoms with van der Waals surface area (Å²) in [4.78, 5) is 25.2. The molecule has 2 aromatic heterocycles. The molecule has 0 unspecified atom stereocenters. The van der Waals surface area contributed by atoms with Gasteiger partial charge in [0.1, 0.15) is 11.3 Å². The first-order chi connectivity index (χ1) is 14.5. The topological polar surface area (TPSA) is 78.9 Å². The quantitative estimate of drug-likeness (QED) is 0.457. The lowest BCUT2D eigenvalue weighted by molar-refractivity contribution is -0.0813. The number of ether oxygens (including phenoxy) is 2. The number of benzene rings is 2. The van der Waals surface area contributed by atoms with Gasteiger partial charge in [-0.05, 0) is 43.7 Å². The fourth-order valence-electron chi connectivity index (χ4n) is 3.76. The smallest absolute Gasteiger partial charge is 0.344 e. The third-order valence-electron chi connectivity index (χ3n) is 5.10. The second-order valence-corrected chi connectivity index (χ2v) is 7.11. The number of aryl methyl sites for hydroxylation is 1. The first kappa shape index (κ1) is 18.4. The molecule has 1 aliphatic heterocycles. The molecule has 0 saturated heterocycles. The Morgan fingerprint density at radius 2 is 1.77 bits per heavy atom. The highest BCUT2D eigenvalue weighted by Crippen LogP contribution is 2.43. The largest absolute Gasteiger partial charge is 0.460 e. The van der Waals surface area contributed by atoms with Crippen LogP contribution in [0.15, 0.2) is 73.0 Å². The summed E-state index contributed by atoms with van der Waals surface area (Å²) in [5, 5.41) is 0.650. The Morgan fingerprint density at radius 1 is 0.933 bits per heavy atom. The Hall–Kier alpha value is -3.64. The van der Waals surface area contributed by atoms with Gasteiger partial charge in [-0.1, -0.05) is 24.3 Å². The predicted octanol–water partition coefficient (Wildman–Crippen LogP) is 4.82. The van der Waals surface area contributed by atoms with Crippen LogP contribution >= 0.6 is 0 Å². The number of fused-ring (bicyclic) bond motifs is 4. The Labute approximate surface area is 171 Å². The first-order valence-corrected chi connectivity index (χ1v) is 9.65. The van der Waals surface area contributed by atoms with Crippen molar-refractivity contribution in [3.05, 3.63) is 86.6 Å². The van der Waals surface area contributed by atoms with Crippen LogP contribution in [-0.2, 0) is 4.74 Å². The van der Waals surface area contributed by atoms with E-state index in [-0.39, 0.29) is 5.56 Å². The van der Waals surface area contributed by atoms with E-state index in [0.29, 0.717) is 45.8 Å². The Kier molecular flexibility index (Phi) is 4.29. The van der Waals surface area contributed by atoms with E-state index in [1.807, 2.05) is 44.2 Å². The van der Waals surface area contributed by atoms with E-state index < -0.39 is 17.5 Å². The highest BCUT2D eigenvalue weighted by Gasteiger charge is 2.30. The summed E-state index contributed by atoms with van der Waals surface area (Å²) >= 11 is 0. The zero-order chi connectivity index (χ0) is 20.8. The molecule has 150 valence electrons. The van der Waals surface area contributed by atoms with Gasteiger partial charge >= 0.3 is 11.3 Å². The molecule has 3 heterocycles. The van der Waals surface area contributed by atoms with E-state index in [9.17, 15) is 9.59 Å². The molecule has 0 amide bonds. The van der Waals surface area contributed by atoms with Crippen molar-refractivity contribution in [2.75, 3.05) is 6.61 Å². The second kappa shape index (κ2) is 7.00. The highest BCUT2D eigenvalue weighted by molar-refractivity contribution is 5.93. The number of hydrogen-bond acceptors (Lipinski definition) is 6. The third kappa shape index (κ3) is 2.93. The number of hydrogen-bond donors (Lipinski definition) is 0. The standard InChI is InChI=1S/C24H18O6/c1-3-27-24-18-11-17(16-12-21(25)28-20-10-13(2)8-9-14(16)20)23(26)30-22(18)15-6-4-5-7-19(15)29-24/h4-12,24H,3H2,1-2H3/t24-/m1/s1. The molecule has 4 aromatic rings. The zero-order valence-corrected chi connectivity index (χ0v) is 16.4. The molecule has 5 rings (SSSR count). The minimum Gasteiger partial charge on any atom is -0.460 e. The minimum absolute atomic E-state index is 0.253. The molecule has 0 bridgehead atoms.